The number of hydrogen-bond donors (Lipinski definition) is 3. The zero-order chi connectivity index (χ0) is 20.4. The molecule has 1 heterocycles. The first kappa shape index (κ1) is 20.1. The fourth-order valence-electron chi connectivity index (χ4n) is 2.84. The number of nitrogens with one attached hydrogen (secondary N) is 1. The molecule has 7 nitrogen and oxygen atoms in total. The molecule has 0 aliphatic heterocycles. The van der Waals surface area contributed by atoms with E-state index in [1.54, 1.807) is 12.1 Å². The van der Waals surface area contributed by atoms with Crippen molar-refractivity contribution >= 4 is 29.2 Å². The van der Waals surface area contributed by atoms with Gasteiger partial charge in [-0.05, 0) is 17.5 Å². The van der Waals surface area contributed by atoms with Crippen molar-refractivity contribution in [1.29, 1.82) is 0 Å². The monoisotopic (exact) mass is 422 g/mol. The summed E-state index contributed by atoms with van der Waals surface area (Å²) in [6.45, 7) is 0. The molecule has 0 saturated heterocycles. The highest BCUT2D eigenvalue weighted by Crippen LogP contribution is 2.36. The van der Waals surface area contributed by atoms with Gasteiger partial charge in [0.05, 0.1) is 10.0 Å². The number of aromatic nitrogens is 1. The maximum absolute atomic E-state index is 11.2. The van der Waals surface area contributed by atoms with Crippen LogP contribution in [0, 0.1) is 0 Å². The van der Waals surface area contributed by atoms with Gasteiger partial charge in [-0.2, -0.15) is 4.68 Å². The van der Waals surface area contributed by atoms with Crippen LogP contribution in [0.3, 0.4) is 0 Å². The molecule has 3 N–H and O–H groups in total. The van der Waals surface area contributed by atoms with Crippen molar-refractivity contribution in [3.63, 3.8) is 0 Å². The van der Waals surface area contributed by atoms with Gasteiger partial charge in [-0.25, -0.2) is 4.79 Å². The van der Waals surface area contributed by atoms with Gasteiger partial charge in [-0.3, -0.25) is 9.59 Å². The highest BCUT2D eigenvalue weighted by molar-refractivity contribution is 6.44. The van der Waals surface area contributed by atoms with Crippen LogP contribution in [0.4, 0.5) is 0 Å². The van der Waals surface area contributed by atoms with Crippen molar-refractivity contribution in [1.82, 2.24) is 4.68 Å². The van der Waals surface area contributed by atoms with Gasteiger partial charge in [0.1, 0.15) is 0 Å². The van der Waals surface area contributed by atoms with Crippen molar-refractivity contribution in [3.8, 4) is 11.1 Å². The Bertz CT molecular complexity index is 1050. The SMILES string of the molecule is O=C(O)[C@H](O)C[C@@H](Cc1ccc(-c2ccccc2)c(Cl)c1Cl)Nn1c(=O)c1=O. The van der Waals surface area contributed by atoms with Crippen LogP contribution < -0.4 is 16.5 Å². The number of carboxylic acid groups (broad SMARTS) is 1. The first-order chi connectivity index (χ1) is 13.3. The van der Waals surface area contributed by atoms with E-state index >= 15 is 0 Å². The molecule has 28 heavy (non-hydrogen) atoms. The molecule has 0 fully saturated rings. The van der Waals surface area contributed by atoms with E-state index in [9.17, 15) is 19.5 Å². The Labute approximate surface area is 169 Å². The number of hydrogen-bond acceptors (Lipinski definition) is 5. The summed E-state index contributed by atoms with van der Waals surface area (Å²) < 4.78 is 0.771. The zero-order valence-corrected chi connectivity index (χ0v) is 15.9. The van der Waals surface area contributed by atoms with Crippen molar-refractivity contribution < 1.29 is 15.0 Å². The molecule has 0 aliphatic rings. The molecule has 2 atom stereocenters. The number of aliphatic hydroxyl groups is 1. The van der Waals surface area contributed by atoms with E-state index in [1.165, 1.54) is 0 Å². The molecular formula is C19H16Cl2N2O5. The molecule has 3 rings (SSSR count). The lowest BCUT2D eigenvalue weighted by Gasteiger charge is -2.20. The van der Waals surface area contributed by atoms with E-state index in [0.29, 0.717) is 10.6 Å². The Balaban J connectivity index is 1.86. The molecule has 146 valence electrons. The molecular weight excluding hydrogens is 407 g/mol. The lowest BCUT2D eigenvalue weighted by atomic mass is 9.98. The van der Waals surface area contributed by atoms with Crippen LogP contribution in [0.15, 0.2) is 52.1 Å². The fourth-order valence-corrected chi connectivity index (χ4v) is 3.38. The molecule has 0 bridgehead atoms. The number of aliphatic carboxylic acids is 1. The average molecular weight is 423 g/mol. The number of benzene rings is 2. The average Bonchev–Trinajstić information content (AvgIpc) is 3.24. The predicted molar refractivity (Wildman–Crippen MR) is 106 cm³/mol. The minimum atomic E-state index is -1.67. The third-order valence-electron chi connectivity index (χ3n) is 4.36. The van der Waals surface area contributed by atoms with Crippen LogP contribution in [0.1, 0.15) is 12.0 Å². The standard InChI is InChI=1S/C19H16Cl2N2O5/c20-15-11(6-7-13(16(15)21)10-4-2-1-3-5-10)8-12(9-14(24)19(27)28)22-23-17(25)18(23)26/h1-7,12,14,22,24H,8-9H2,(H,27,28)/t12-,14-/m1/s1. The normalized spacial score (nSPS) is 13.4. The van der Waals surface area contributed by atoms with Gasteiger partial charge < -0.3 is 15.6 Å². The van der Waals surface area contributed by atoms with Gasteiger partial charge in [0, 0.05) is 18.0 Å². The first-order valence-electron chi connectivity index (χ1n) is 8.37. The quantitative estimate of drug-likeness (QED) is 0.479. The van der Waals surface area contributed by atoms with Gasteiger partial charge in [-0.15, -0.1) is 0 Å². The lowest BCUT2D eigenvalue weighted by molar-refractivity contribution is -0.147. The van der Waals surface area contributed by atoms with E-state index < -0.39 is 29.2 Å². The molecule has 1 aromatic heterocycles. The summed E-state index contributed by atoms with van der Waals surface area (Å²) in [5.41, 5.74) is 3.39. The van der Waals surface area contributed by atoms with Crippen LogP contribution in [0.5, 0.6) is 0 Å². The van der Waals surface area contributed by atoms with Crippen LogP contribution in [0.25, 0.3) is 11.1 Å². The highest BCUT2D eigenvalue weighted by atomic mass is 35.5. The van der Waals surface area contributed by atoms with Gasteiger partial charge in [-0.1, -0.05) is 65.7 Å². The Morgan fingerprint density at radius 1 is 1.04 bits per heavy atom. The topological polar surface area (TPSA) is 109 Å². The molecule has 2 aromatic carbocycles. The Kier molecular flexibility index (Phi) is 5.88. The minimum Gasteiger partial charge on any atom is -0.479 e. The highest BCUT2D eigenvalue weighted by Gasteiger charge is 2.26. The summed E-state index contributed by atoms with van der Waals surface area (Å²) in [5, 5.41) is 19.2. The van der Waals surface area contributed by atoms with Crippen LogP contribution in [-0.2, 0) is 11.2 Å². The van der Waals surface area contributed by atoms with Crippen LogP contribution in [-0.4, -0.2) is 33.0 Å². The number of rotatable bonds is 8. The largest absolute Gasteiger partial charge is 0.479 e. The summed E-state index contributed by atoms with van der Waals surface area (Å²) in [6, 6.07) is 12.2. The number of carbonyl (C=O) groups is 1. The van der Waals surface area contributed by atoms with Crippen molar-refractivity contribution in [2.45, 2.75) is 25.0 Å². The molecule has 0 unspecified atom stereocenters. The van der Waals surface area contributed by atoms with Gasteiger partial charge in [0.15, 0.2) is 6.10 Å². The molecule has 9 heteroatoms. The fraction of sp³-hybridized carbons (Fsp3) is 0.211. The van der Waals surface area contributed by atoms with E-state index in [4.69, 9.17) is 28.3 Å². The van der Waals surface area contributed by atoms with E-state index in [2.05, 4.69) is 5.43 Å². The van der Waals surface area contributed by atoms with E-state index in [1.807, 2.05) is 30.3 Å². The number of aliphatic hydroxyl groups excluding tert-OH is 1. The van der Waals surface area contributed by atoms with Crippen molar-refractivity contribution in [3.05, 3.63) is 78.8 Å². The van der Waals surface area contributed by atoms with Gasteiger partial charge in [0.2, 0.25) is 0 Å². The molecule has 0 saturated carbocycles. The second-order valence-corrected chi connectivity index (χ2v) is 7.09. The predicted octanol–water partition coefficient (Wildman–Crippen LogP) is 2.05. The molecule has 0 amide bonds. The van der Waals surface area contributed by atoms with Crippen molar-refractivity contribution in [2.24, 2.45) is 0 Å². The summed E-state index contributed by atoms with van der Waals surface area (Å²) in [5.74, 6) is -1.40. The Morgan fingerprint density at radius 3 is 2.25 bits per heavy atom. The summed E-state index contributed by atoms with van der Waals surface area (Å²) in [4.78, 5) is 33.4. The maximum atomic E-state index is 11.2. The summed E-state index contributed by atoms with van der Waals surface area (Å²) in [7, 11) is 0. The summed E-state index contributed by atoms with van der Waals surface area (Å²) >= 11 is 12.8. The second kappa shape index (κ2) is 8.18. The molecule has 0 spiro atoms. The van der Waals surface area contributed by atoms with Crippen molar-refractivity contribution in [2.75, 3.05) is 5.43 Å². The number of carboxylic acids is 1. The number of nitrogens with zero attached hydrogens (tertiary/aromatic N) is 1. The molecule has 0 aliphatic carbocycles. The van der Waals surface area contributed by atoms with Crippen LogP contribution in [0.2, 0.25) is 10.0 Å². The smallest absolute Gasteiger partial charge is 0.340 e. The van der Waals surface area contributed by atoms with E-state index in [-0.39, 0.29) is 17.9 Å². The Morgan fingerprint density at radius 2 is 1.68 bits per heavy atom. The number of halogens is 2. The molecule has 0 radical (unpaired) electrons. The second-order valence-electron chi connectivity index (χ2n) is 6.33. The third-order valence-corrected chi connectivity index (χ3v) is 5.28. The lowest BCUT2D eigenvalue weighted by Crippen LogP contribution is -2.36. The maximum Gasteiger partial charge on any atom is 0.340 e. The molecule has 3 aromatic rings. The first-order valence-corrected chi connectivity index (χ1v) is 9.13. The van der Waals surface area contributed by atoms with Gasteiger partial charge in [0.25, 0.3) is 0 Å². The summed E-state index contributed by atoms with van der Waals surface area (Å²) in [6.07, 6.45) is -1.75. The Hall–Kier alpha value is -2.61. The zero-order valence-electron chi connectivity index (χ0n) is 14.4. The van der Waals surface area contributed by atoms with Gasteiger partial charge >= 0.3 is 17.1 Å². The van der Waals surface area contributed by atoms with Crippen LogP contribution >= 0.6 is 23.2 Å². The minimum absolute atomic E-state index is 0.148. The third kappa shape index (κ3) is 4.27. The van der Waals surface area contributed by atoms with E-state index in [0.717, 1.165) is 15.8 Å².